The first-order chi connectivity index (χ1) is 18.2. The molecule has 8 nitrogen and oxygen atoms in total. The van der Waals surface area contributed by atoms with Crippen LogP contribution in [0.15, 0.2) is 71.6 Å². The van der Waals surface area contributed by atoms with E-state index in [-0.39, 0.29) is 12.5 Å². The number of amides is 3. The van der Waals surface area contributed by atoms with Gasteiger partial charge in [-0.15, -0.1) is 0 Å². The van der Waals surface area contributed by atoms with Gasteiger partial charge in [0.15, 0.2) is 4.33 Å². The highest BCUT2D eigenvalue weighted by Gasteiger charge is 2.45. The maximum absolute atomic E-state index is 13.1. The number of thioether (sulfide) groups is 1. The second-order valence-corrected chi connectivity index (χ2v) is 11.4. The van der Waals surface area contributed by atoms with E-state index in [1.807, 2.05) is 54.6 Å². The number of nitrogens with zero attached hydrogens (tertiary/aromatic N) is 2. The average Bonchev–Trinajstić information content (AvgIpc) is 3.18. The van der Waals surface area contributed by atoms with Crippen molar-refractivity contribution in [2.75, 3.05) is 25.7 Å². The van der Waals surface area contributed by atoms with Gasteiger partial charge in [0, 0.05) is 29.6 Å². The van der Waals surface area contributed by atoms with Gasteiger partial charge in [-0.25, -0.2) is 9.80 Å². The van der Waals surface area contributed by atoms with Gasteiger partial charge in [-0.3, -0.25) is 9.80 Å². The van der Waals surface area contributed by atoms with Crippen molar-refractivity contribution in [3.63, 3.8) is 0 Å². The van der Waals surface area contributed by atoms with E-state index in [4.69, 9.17) is 32.7 Å². The summed E-state index contributed by atoms with van der Waals surface area (Å²) in [7, 11) is 3.19. The zero-order chi connectivity index (χ0) is 27.3. The number of benzene rings is 3. The van der Waals surface area contributed by atoms with Gasteiger partial charge >= 0.3 is 6.03 Å². The summed E-state index contributed by atoms with van der Waals surface area (Å²) in [5.41, 5.74) is 2.52. The summed E-state index contributed by atoms with van der Waals surface area (Å²) < 4.78 is 10.2. The molecule has 0 saturated carbocycles. The van der Waals surface area contributed by atoms with Gasteiger partial charge in [0.05, 0.1) is 7.11 Å². The van der Waals surface area contributed by atoms with Crippen LogP contribution in [0.4, 0.5) is 10.5 Å². The van der Waals surface area contributed by atoms with Crippen LogP contribution in [0, 0.1) is 0 Å². The first kappa shape index (κ1) is 27.8. The minimum Gasteiger partial charge on any atom is -0.497 e. The second-order valence-electron chi connectivity index (χ2n) is 8.61. The van der Waals surface area contributed by atoms with Gasteiger partial charge in [0.2, 0.25) is 0 Å². The van der Waals surface area contributed by atoms with Crippen molar-refractivity contribution < 1.29 is 19.1 Å². The zero-order valence-corrected chi connectivity index (χ0v) is 23.5. The fourth-order valence-corrected chi connectivity index (χ4v) is 5.81. The number of carbonyl (C=O) groups is 2. The smallest absolute Gasteiger partial charge is 0.315 e. The molecule has 0 aliphatic carbocycles. The molecule has 0 aromatic heterocycles. The molecule has 0 fully saturated rings. The highest BCUT2D eigenvalue weighted by Crippen LogP contribution is 2.57. The first-order valence-corrected chi connectivity index (χ1v) is 13.3. The lowest BCUT2D eigenvalue weighted by Gasteiger charge is -2.38. The van der Waals surface area contributed by atoms with Crippen molar-refractivity contribution in [3.8, 4) is 11.5 Å². The molecular formula is C27H28Cl2N4O4S. The van der Waals surface area contributed by atoms with Crippen LogP contribution in [-0.4, -0.2) is 42.0 Å². The number of nitrogens with one attached hydrogen (secondary N) is 2. The molecule has 11 heteroatoms. The van der Waals surface area contributed by atoms with Gasteiger partial charge in [-0.05, 0) is 36.2 Å². The number of anilines is 1. The summed E-state index contributed by atoms with van der Waals surface area (Å²) in [6.07, 6.45) is 0. The molecule has 1 aliphatic rings. The summed E-state index contributed by atoms with van der Waals surface area (Å²) >= 11 is 14.6. The molecule has 0 spiro atoms. The number of halogens is 2. The molecule has 3 aromatic rings. The van der Waals surface area contributed by atoms with Crippen molar-refractivity contribution in [3.05, 3.63) is 82.9 Å². The first-order valence-electron chi connectivity index (χ1n) is 11.8. The molecule has 1 unspecified atom stereocenters. The molecule has 3 amide bonds. The third kappa shape index (κ3) is 6.59. The molecule has 0 radical (unpaired) electrons. The van der Waals surface area contributed by atoms with Crippen molar-refractivity contribution >= 4 is 52.6 Å². The number of hydrogen-bond donors (Lipinski definition) is 2. The Morgan fingerprint density at radius 1 is 1.05 bits per heavy atom. The molecule has 1 heterocycles. The monoisotopic (exact) mass is 574 g/mol. The van der Waals surface area contributed by atoms with E-state index in [1.165, 1.54) is 16.8 Å². The number of methoxy groups -OCH3 is 1. The maximum Gasteiger partial charge on any atom is 0.315 e. The number of rotatable bonds is 9. The van der Waals surface area contributed by atoms with Gasteiger partial charge in [-0.1, -0.05) is 77.4 Å². The lowest BCUT2D eigenvalue weighted by Crippen LogP contribution is -2.53. The molecule has 38 heavy (non-hydrogen) atoms. The Bertz CT molecular complexity index is 1290. The van der Waals surface area contributed by atoms with Crippen LogP contribution < -0.4 is 25.1 Å². The fourth-order valence-electron chi connectivity index (χ4n) is 3.91. The van der Waals surface area contributed by atoms with Crippen LogP contribution in [0.3, 0.4) is 0 Å². The largest absolute Gasteiger partial charge is 0.497 e. The molecular weight excluding hydrogens is 547 g/mol. The predicted octanol–water partition coefficient (Wildman–Crippen LogP) is 5.63. The minimum absolute atomic E-state index is 0.234. The summed E-state index contributed by atoms with van der Waals surface area (Å²) in [6, 6.07) is 20.1. The Labute approximate surface area is 236 Å². The lowest BCUT2D eigenvalue weighted by atomic mass is 10.2. The highest BCUT2D eigenvalue weighted by atomic mass is 35.5. The molecule has 3 aromatic carbocycles. The minimum atomic E-state index is -1.03. The van der Waals surface area contributed by atoms with E-state index in [0.29, 0.717) is 29.6 Å². The lowest BCUT2D eigenvalue weighted by molar-refractivity contribution is -0.129. The number of hydrogen-bond acceptors (Lipinski definition) is 6. The number of hydrazine groups is 1. The summed E-state index contributed by atoms with van der Waals surface area (Å²) in [5.74, 6) is 0.864. The van der Waals surface area contributed by atoms with E-state index >= 15 is 0 Å². The normalized spacial score (nSPS) is 16.0. The average molecular weight is 576 g/mol. The molecule has 4 rings (SSSR count). The molecule has 2 N–H and O–H groups in total. The van der Waals surface area contributed by atoms with Gasteiger partial charge in [0.1, 0.15) is 30.3 Å². The number of fused-ring (bicyclic) bond motifs is 1. The molecule has 200 valence electrons. The number of likely N-dealkylation sites (N-methyl/N-ethyl adjacent to an activating group) is 1. The van der Waals surface area contributed by atoms with Crippen molar-refractivity contribution in [2.24, 2.45) is 0 Å². The third-order valence-electron chi connectivity index (χ3n) is 5.80. The van der Waals surface area contributed by atoms with Gasteiger partial charge in [0.25, 0.3) is 5.91 Å². The van der Waals surface area contributed by atoms with Crippen LogP contribution in [0.1, 0.15) is 18.1 Å². The van der Waals surface area contributed by atoms with Crippen molar-refractivity contribution in [2.45, 2.75) is 29.3 Å². The van der Waals surface area contributed by atoms with Gasteiger partial charge < -0.3 is 20.1 Å². The quantitative estimate of drug-likeness (QED) is 0.255. The highest BCUT2D eigenvalue weighted by molar-refractivity contribution is 8.02. The number of carbonyl (C=O) groups excluding carboxylic acids is 2. The maximum atomic E-state index is 13.1. The Balaban J connectivity index is 1.42. The van der Waals surface area contributed by atoms with E-state index in [9.17, 15) is 9.59 Å². The number of alkyl halides is 1. The summed E-state index contributed by atoms with van der Waals surface area (Å²) in [4.78, 5) is 26.2. The third-order valence-corrected chi connectivity index (χ3v) is 7.49. The van der Waals surface area contributed by atoms with Crippen LogP contribution in [0.5, 0.6) is 11.5 Å². The Morgan fingerprint density at radius 2 is 1.76 bits per heavy atom. The van der Waals surface area contributed by atoms with E-state index in [0.717, 1.165) is 21.8 Å². The van der Waals surface area contributed by atoms with E-state index < -0.39 is 10.4 Å². The Morgan fingerprint density at radius 3 is 2.45 bits per heavy atom. The predicted molar refractivity (Wildman–Crippen MR) is 151 cm³/mol. The number of urea groups is 1. The Hall–Kier alpha value is -3.27. The zero-order valence-electron chi connectivity index (χ0n) is 21.2. The molecule has 1 aliphatic heterocycles. The summed E-state index contributed by atoms with van der Waals surface area (Å²) in [5, 5.41) is 8.89. The van der Waals surface area contributed by atoms with Crippen LogP contribution in [-0.2, 0) is 17.9 Å². The SMILES string of the molecule is COc1ccc(CNC(=O)NCC(=O)N(C)N2c3c(OCc4ccccc4)cc(Cl)cc3SC2(C)Cl)cc1. The standard InChI is InChI=1S/C27H28Cl2N4O4S/c1-27(29)33(25-22(13-20(28)14-23(25)38-27)37-17-19-7-5-4-6-8-19)32(2)24(34)16-31-26(35)30-15-18-9-11-21(36-3)12-10-18/h4-14H,15-17H2,1-3H3,(H2,30,31,35). The van der Waals surface area contributed by atoms with Crippen LogP contribution >= 0.6 is 35.0 Å². The van der Waals surface area contributed by atoms with Crippen LogP contribution in [0.25, 0.3) is 0 Å². The van der Waals surface area contributed by atoms with Crippen molar-refractivity contribution in [1.29, 1.82) is 0 Å². The number of ether oxygens (including phenoxy) is 2. The fraction of sp³-hybridized carbons (Fsp3) is 0.259. The van der Waals surface area contributed by atoms with E-state index in [2.05, 4.69) is 10.6 Å². The Kier molecular flexibility index (Phi) is 8.81. The molecule has 0 saturated heterocycles. The van der Waals surface area contributed by atoms with Gasteiger partial charge in [-0.2, -0.15) is 0 Å². The molecule has 0 bridgehead atoms. The van der Waals surface area contributed by atoms with Crippen molar-refractivity contribution in [1.82, 2.24) is 15.6 Å². The van der Waals surface area contributed by atoms with Crippen LogP contribution in [0.2, 0.25) is 5.02 Å². The summed E-state index contributed by atoms with van der Waals surface area (Å²) in [6.45, 7) is 2.17. The second kappa shape index (κ2) is 12.1. The molecule has 1 atom stereocenters. The topological polar surface area (TPSA) is 83.1 Å². The van der Waals surface area contributed by atoms with E-state index in [1.54, 1.807) is 38.2 Å².